The normalized spacial score (nSPS) is 12.4. The molecule has 0 fully saturated rings. The van der Waals surface area contributed by atoms with Crippen LogP contribution >= 0.6 is 11.8 Å². The van der Waals surface area contributed by atoms with E-state index < -0.39 is 17.9 Å². The van der Waals surface area contributed by atoms with E-state index in [2.05, 4.69) is 5.32 Å². The molecule has 0 unspecified atom stereocenters. The number of carbonyl (C=O) groups excluding carboxylic acids is 1. The number of carbonyl (C=O) groups is 2. The van der Waals surface area contributed by atoms with Crippen LogP contribution in [0.4, 0.5) is 0 Å². The van der Waals surface area contributed by atoms with Gasteiger partial charge in [-0.05, 0) is 30.7 Å². The van der Waals surface area contributed by atoms with E-state index in [9.17, 15) is 9.59 Å². The van der Waals surface area contributed by atoms with Gasteiger partial charge < -0.3 is 14.8 Å². The van der Waals surface area contributed by atoms with E-state index in [1.54, 1.807) is 23.9 Å². The molecule has 0 bridgehead atoms. The van der Waals surface area contributed by atoms with Crippen LogP contribution in [-0.2, 0) is 10.5 Å². The zero-order valence-corrected chi connectivity index (χ0v) is 12.1. The lowest BCUT2D eigenvalue weighted by Gasteiger charge is -2.15. The van der Waals surface area contributed by atoms with Crippen molar-refractivity contribution in [1.29, 1.82) is 0 Å². The van der Waals surface area contributed by atoms with E-state index in [4.69, 9.17) is 9.52 Å². The lowest BCUT2D eigenvalue weighted by atomic mass is 10.0. The van der Waals surface area contributed by atoms with Crippen molar-refractivity contribution in [2.24, 2.45) is 5.92 Å². The second-order valence-corrected chi connectivity index (χ2v) is 5.56. The number of carboxylic acids is 1. The van der Waals surface area contributed by atoms with Gasteiger partial charge in [0.25, 0.3) is 5.91 Å². The first kappa shape index (κ1) is 15.6. The Hall–Kier alpha value is -1.43. The van der Waals surface area contributed by atoms with Gasteiger partial charge in [-0.15, -0.1) is 0 Å². The second kappa shape index (κ2) is 7.23. The van der Waals surface area contributed by atoms with Crippen molar-refractivity contribution in [2.45, 2.75) is 32.1 Å². The van der Waals surface area contributed by atoms with Crippen LogP contribution in [0.2, 0.25) is 0 Å². The summed E-state index contributed by atoms with van der Waals surface area (Å²) < 4.78 is 5.35. The van der Waals surface area contributed by atoms with Gasteiger partial charge in [-0.1, -0.05) is 13.8 Å². The van der Waals surface area contributed by atoms with E-state index >= 15 is 0 Å². The molecular weight excluding hydrogens is 266 g/mol. The van der Waals surface area contributed by atoms with Crippen molar-refractivity contribution in [3.05, 3.63) is 23.7 Å². The highest BCUT2D eigenvalue weighted by Crippen LogP contribution is 2.14. The minimum atomic E-state index is -1.03. The second-order valence-electron chi connectivity index (χ2n) is 4.69. The summed E-state index contributed by atoms with van der Waals surface area (Å²) in [6, 6.07) is 2.40. The maximum Gasteiger partial charge on any atom is 0.326 e. The summed E-state index contributed by atoms with van der Waals surface area (Å²) in [4.78, 5) is 22.9. The number of aliphatic carboxylic acids is 1. The first-order valence-electron chi connectivity index (χ1n) is 6.05. The molecule has 0 saturated carbocycles. The van der Waals surface area contributed by atoms with Gasteiger partial charge >= 0.3 is 5.97 Å². The van der Waals surface area contributed by atoms with Crippen LogP contribution in [0.15, 0.2) is 16.5 Å². The summed E-state index contributed by atoms with van der Waals surface area (Å²) in [6.45, 7) is 3.82. The largest absolute Gasteiger partial charge is 0.480 e. The molecule has 0 saturated heterocycles. The van der Waals surface area contributed by atoms with E-state index in [1.807, 2.05) is 20.1 Å². The molecule has 0 spiro atoms. The predicted octanol–water partition coefficient (Wildman–Crippen LogP) is 2.37. The Morgan fingerprint density at radius 1 is 1.42 bits per heavy atom. The Bertz CT molecular complexity index is 442. The molecule has 1 amide bonds. The highest BCUT2D eigenvalue weighted by Gasteiger charge is 2.23. The molecule has 1 heterocycles. The fraction of sp³-hybridized carbons (Fsp3) is 0.538. The first-order chi connectivity index (χ1) is 8.93. The Morgan fingerprint density at radius 3 is 2.63 bits per heavy atom. The predicted molar refractivity (Wildman–Crippen MR) is 74.3 cm³/mol. The molecular formula is C13H19NO4S. The van der Waals surface area contributed by atoms with Crippen molar-refractivity contribution in [1.82, 2.24) is 5.32 Å². The molecule has 0 aromatic carbocycles. The molecule has 106 valence electrons. The molecule has 1 rings (SSSR count). The average Bonchev–Trinajstić information content (AvgIpc) is 2.76. The molecule has 5 nitrogen and oxygen atoms in total. The van der Waals surface area contributed by atoms with Crippen LogP contribution in [0.5, 0.6) is 0 Å². The minimum absolute atomic E-state index is 0.152. The van der Waals surface area contributed by atoms with Crippen molar-refractivity contribution < 1.29 is 19.1 Å². The highest BCUT2D eigenvalue weighted by atomic mass is 32.2. The van der Waals surface area contributed by atoms with Crippen LogP contribution in [-0.4, -0.2) is 29.3 Å². The highest BCUT2D eigenvalue weighted by molar-refractivity contribution is 7.97. The first-order valence-corrected chi connectivity index (χ1v) is 7.44. The van der Waals surface area contributed by atoms with E-state index in [0.29, 0.717) is 17.9 Å². The lowest BCUT2D eigenvalue weighted by molar-refractivity contribution is -0.139. The number of hydrogen-bond donors (Lipinski definition) is 2. The van der Waals surface area contributed by atoms with Gasteiger partial charge in [0, 0.05) is 0 Å². The molecule has 0 aliphatic heterocycles. The van der Waals surface area contributed by atoms with Gasteiger partial charge in [-0.3, -0.25) is 4.79 Å². The summed E-state index contributed by atoms with van der Waals surface area (Å²) in [5.41, 5.74) is 0. The summed E-state index contributed by atoms with van der Waals surface area (Å²) in [7, 11) is 0. The van der Waals surface area contributed by atoms with Crippen LogP contribution in [0.3, 0.4) is 0 Å². The van der Waals surface area contributed by atoms with Crippen LogP contribution in [0.25, 0.3) is 0 Å². The lowest BCUT2D eigenvalue weighted by Crippen LogP contribution is -2.41. The quantitative estimate of drug-likeness (QED) is 0.804. The maximum absolute atomic E-state index is 11.9. The third-order valence-corrected chi connectivity index (χ3v) is 3.06. The Morgan fingerprint density at radius 2 is 2.11 bits per heavy atom. The molecule has 0 aliphatic carbocycles. The zero-order valence-electron chi connectivity index (χ0n) is 11.3. The number of nitrogens with one attached hydrogen (secondary N) is 1. The van der Waals surface area contributed by atoms with Gasteiger partial charge in [0.2, 0.25) is 0 Å². The van der Waals surface area contributed by atoms with Gasteiger partial charge in [0.15, 0.2) is 5.76 Å². The molecule has 0 radical (unpaired) electrons. The number of amides is 1. The number of thioether (sulfide) groups is 1. The molecule has 1 aromatic rings. The number of furan rings is 1. The van der Waals surface area contributed by atoms with E-state index in [-0.39, 0.29) is 11.7 Å². The molecule has 0 aliphatic rings. The molecule has 19 heavy (non-hydrogen) atoms. The van der Waals surface area contributed by atoms with E-state index in [0.717, 1.165) is 0 Å². The Balaban J connectivity index is 2.67. The average molecular weight is 285 g/mol. The summed E-state index contributed by atoms with van der Waals surface area (Å²) in [5, 5.41) is 11.5. The van der Waals surface area contributed by atoms with Crippen molar-refractivity contribution in [3.8, 4) is 0 Å². The fourth-order valence-electron chi connectivity index (χ4n) is 1.64. The van der Waals surface area contributed by atoms with Gasteiger partial charge in [0.05, 0.1) is 5.75 Å². The summed E-state index contributed by atoms with van der Waals surface area (Å²) in [5.74, 6) is 0.206. The summed E-state index contributed by atoms with van der Waals surface area (Å²) in [6.07, 6.45) is 2.32. The Labute approximate surface area is 116 Å². The topological polar surface area (TPSA) is 79.5 Å². The number of carboxylic acid groups (broad SMARTS) is 1. The number of hydrogen-bond acceptors (Lipinski definition) is 4. The van der Waals surface area contributed by atoms with Crippen LogP contribution in [0, 0.1) is 5.92 Å². The van der Waals surface area contributed by atoms with Crippen molar-refractivity contribution in [2.75, 3.05) is 6.26 Å². The Kier molecular flexibility index (Phi) is 5.95. The third kappa shape index (κ3) is 4.98. The van der Waals surface area contributed by atoms with Gasteiger partial charge in [-0.2, -0.15) is 11.8 Å². The molecule has 6 heteroatoms. The number of rotatable bonds is 7. The zero-order chi connectivity index (χ0) is 14.4. The standard InChI is InChI=1S/C13H19NO4S/c1-8(2)6-10(13(16)17)14-12(15)11-5-4-9(18-11)7-19-3/h4-5,8,10H,6-7H2,1-3H3,(H,14,15)(H,16,17)/t10-/m0/s1. The molecule has 1 aromatic heterocycles. The third-order valence-electron chi connectivity index (χ3n) is 2.48. The van der Waals surface area contributed by atoms with Crippen molar-refractivity contribution >= 4 is 23.6 Å². The fourth-order valence-corrected chi connectivity index (χ4v) is 2.08. The van der Waals surface area contributed by atoms with Crippen molar-refractivity contribution in [3.63, 3.8) is 0 Å². The van der Waals surface area contributed by atoms with Gasteiger partial charge in [0.1, 0.15) is 11.8 Å². The molecule has 2 N–H and O–H groups in total. The maximum atomic E-state index is 11.9. The van der Waals surface area contributed by atoms with Crippen LogP contribution < -0.4 is 5.32 Å². The molecule has 1 atom stereocenters. The SMILES string of the molecule is CSCc1ccc(C(=O)N[C@@H](CC(C)C)C(=O)O)o1. The van der Waals surface area contributed by atoms with Gasteiger partial charge in [-0.25, -0.2) is 4.79 Å². The van der Waals surface area contributed by atoms with E-state index in [1.165, 1.54) is 0 Å². The monoisotopic (exact) mass is 285 g/mol. The summed E-state index contributed by atoms with van der Waals surface area (Å²) >= 11 is 1.59. The van der Waals surface area contributed by atoms with Crippen LogP contribution in [0.1, 0.15) is 36.6 Å². The smallest absolute Gasteiger partial charge is 0.326 e. The minimum Gasteiger partial charge on any atom is -0.480 e.